The Morgan fingerprint density at radius 3 is 2.96 bits per heavy atom. The Morgan fingerprint density at radius 2 is 2.19 bits per heavy atom. The molecular formula is C19H26N6O. The lowest BCUT2D eigenvalue weighted by Gasteiger charge is -2.32. The predicted octanol–water partition coefficient (Wildman–Crippen LogP) is 2.16. The number of likely N-dealkylation sites (N-methyl/N-ethyl adjacent to an activating group) is 1. The van der Waals surface area contributed by atoms with Crippen molar-refractivity contribution in [2.75, 3.05) is 32.0 Å². The third kappa shape index (κ3) is 4.35. The molecule has 1 aliphatic heterocycles. The first-order chi connectivity index (χ1) is 12.6. The Bertz CT molecular complexity index is 778. The summed E-state index contributed by atoms with van der Waals surface area (Å²) in [6.45, 7) is 5.82. The molecule has 1 aliphatic rings. The zero-order chi connectivity index (χ0) is 18.5. The second kappa shape index (κ2) is 8.23. The van der Waals surface area contributed by atoms with E-state index in [4.69, 9.17) is 4.98 Å². The lowest BCUT2D eigenvalue weighted by Crippen LogP contribution is -2.43. The molecule has 3 rings (SSSR count). The molecule has 1 amide bonds. The molecule has 0 saturated carbocycles. The molecular weight excluding hydrogens is 328 g/mol. The fraction of sp³-hybridized carbons (Fsp3) is 0.474. The van der Waals surface area contributed by atoms with Crippen molar-refractivity contribution in [3.8, 4) is 0 Å². The van der Waals surface area contributed by atoms with Crippen LogP contribution < -0.4 is 10.6 Å². The van der Waals surface area contributed by atoms with E-state index in [1.807, 2.05) is 36.9 Å². The van der Waals surface area contributed by atoms with Crippen LogP contribution in [0.15, 0.2) is 24.4 Å². The highest BCUT2D eigenvalue weighted by Gasteiger charge is 2.26. The number of hydrogen-bond donors (Lipinski definition) is 2. The van der Waals surface area contributed by atoms with E-state index < -0.39 is 0 Å². The van der Waals surface area contributed by atoms with E-state index in [1.165, 1.54) is 0 Å². The second-order valence-corrected chi connectivity index (χ2v) is 6.76. The molecule has 2 N–H and O–H groups in total. The van der Waals surface area contributed by atoms with Crippen LogP contribution >= 0.6 is 0 Å². The standard InChI is InChI=1S/C19H26N6O/c1-13-6-4-8-21-18(13)23-16-10-14(2)22-19(24-16)15-7-5-9-25(12-15)17(26)11-20-3/h4,6,8,10,15,20H,5,7,9,11-12H2,1-3H3,(H,21,22,23,24). The minimum absolute atomic E-state index is 0.132. The Hall–Kier alpha value is -2.54. The van der Waals surface area contributed by atoms with Crippen LogP contribution in [0.1, 0.15) is 35.8 Å². The number of aryl methyl sites for hydroxylation is 2. The number of likely N-dealkylation sites (tertiary alicyclic amines) is 1. The fourth-order valence-corrected chi connectivity index (χ4v) is 3.25. The average Bonchev–Trinajstić information content (AvgIpc) is 2.63. The van der Waals surface area contributed by atoms with Crippen LogP contribution in [-0.2, 0) is 4.79 Å². The summed E-state index contributed by atoms with van der Waals surface area (Å²) in [5.74, 6) is 2.63. The highest BCUT2D eigenvalue weighted by atomic mass is 16.2. The van der Waals surface area contributed by atoms with E-state index in [-0.39, 0.29) is 11.8 Å². The minimum atomic E-state index is 0.132. The van der Waals surface area contributed by atoms with Gasteiger partial charge in [-0.05, 0) is 45.4 Å². The molecule has 0 aliphatic carbocycles. The van der Waals surface area contributed by atoms with Crippen LogP contribution in [0, 0.1) is 13.8 Å². The highest BCUT2D eigenvalue weighted by molar-refractivity contribution is 5.78. The monoisotopic (exact) mass is 354 g/mol. The number of hydrogen-bond acceptors (Lipinski definition) is 6. The lowest BCUT2D eigenvalue weighted by atomic mass is 9.97. The summed E-state index contributed by atoms with van der Waals surface area (Å²) in [5.41, 5.74) is 1.97. The van der Waals surface area contributed by atoms with Gasteiger partial charge in [0, 0.05) is 37.0 Å². The molecule has 7 heteroatoms. The van der Waals surface area contributed by atoms with Crippen LogP contribution in [0.25, 0.3) is 0 Å². The second-order valence-electron chi connectivity index (χ2n) is 6.76. The summed E-state index contributed by atoms with van der Waals surface area (Å²) in [7, 11) is 1.79. The van der Waals surface area contributed by atoms with Crippen molar-refractivity contribution in [3.05, 3.63) is 41.5 Å². The van der Waals surface area contributed by atoms with Gasteiger partial charge in [-0.1, -0.05) is 6.07 Å². The van der Waals surface area contributed by atoms with Crippen LogP contribution in [0.5, 0.6) is 0 Å². The first kappa shape index (κ1) is 18.3. The maximum absolute atomic E-state index is 12.2. The van der Waals surface area contributed by atoms with Gasteiger partial charge in [0.1, 0.15) is 17.5 Å². The number of carbonyl (C=O) groups is 1. The number of nitrogens with one attached hydrogen (secondary N) is 2. The topological polar surface area (TPSA) is 83.0 Å². The van der Waals surface area contributed by atoms with Gasteiger partial charge in [-0.15, -0.1) is 0 Å². The predicted molar refractivity (Wildman–Crippen MR) is 102 cm³/mol. The summed E-state index contributed by atoms with van der Waals surface area (Å²) >= 11 is 0. The molecule has 1 unspecified atom stereocenters. The highest BCUT2D eigenvalue weighted by Crippen LogP contribution is 2.26. The Kier molecular flexibility index (Phi) is 5.78. The van der Waals surface area contributed by atoms with E-state index in [9.17, 15) is 4.79 Å². The molecule has 1 fully saturated rings. The molecule has 3 heterocycles. The lowest BCUT2D eigenvalue weighted by molar-refractivity contribution is -0.131. The van der Waals surface area contributed by atoms with Gasteiger partial charge in [-0.3, -0.25) is 4.79 Å². The number of carbonyl (C=O) groups excluding carboxylic acids is 1. The number of piperidine rings is 1. The summed E-state index contributed by atoms with van der Waals surface area (Å²) < 4.78 is 0. The van der Waals surface area contributed by atoms with Crippen molar-refractivity contribution in [1.82, 2.24) is 25.2 Å². The molecule has 0 aromatic carbocycles. The van der Waals surface area contributed by atoms with Gasteiger partial charge in [-0.2, -0.15) is 0 Å². The molecule has 1 atom stereocenters. The number of aromatic nitrogens is 3. The van der Waals surface area contributed by atoms with Crippen LogP contribution in [0.2, 0.25) is 0 Å². The van der Waals surface area contributed by atoms with Crippen molar-refractivity contribution in [2.24, 2.45) is 0 Å². The molecule has 7 nitrogen and oxygen atoms in total. The Balaban J connectivity index is 1.79. The van der Waals surface area contributed by atoms with Crippen molar-refractivity contribution in [1.29, 1.82) is 0 Å². The van der Waals surface area contributed by atoms with E-state index in [0.29, 0.717) is 13.1 Å². The third-order valence-electron chi connectivity index (χ3n) is 4.59. The van der Waals surface area contributed by atoms with Crippen molar-refractivity contribution < 1.29 is 4.79 Å². The van der Waals surface area contributed by atoms with Crippen LogP contribution in [0.3, 0.4) is 0 Å². The zero-order valence-corrected chi connectivity index (χ0v) is 15.6. The first-order valence-corrected chi connectivity index (χ1v) is 9.03. The number of amides is 1. The van der Waals surface area contributed by atoms with Gasteiger partial charge in [0.15, 0.2) is 0 Å². The Morgan fingerprint density at radius 1 is 1.35 bits per heavy atom. The molecule has 2 aromatic rings. The van der Waals surface area contributed by atoms with Gasteiger partial charge >= 0.3 is 0 Å². The molecule has 26 heavy (non-hydrogen) atoms. The van der Waals surface area contributed by atoms with Crippen molar-refractivity contribution in [3.63, 3.8) is 0 Å². The number of pyridine rings is 1. The van der Waals surface area contributed by atoms with Crippen molar-refractivity contribution >= 4 is 17.5 Å². The third-order valence-corrected chi connectivity index (χ3v) is 4.59. The van der Waals surface area contributed by atoms with Crippen LogP contribution in [0.4, 0.5) is 11.6 Å². The molecule has 0 radical (unpaired) electrons. The molecule has 2 aromatic heterocycles. The maximum Gasteiger partial charge on any atom is 0.236 e. The molecule has 0 spiro atoms. The summed E-state index contributed by atoms with van der Waals surface area (Å²) in [6, 6.07) is 5.84. The van der Waals surface area contributed by atoms with E-state index in [1.54, 1.807) is 13.2 Å². The molecule has 138 valence electrons. The van der Waals surface area contributed by atoms with Gasteiger partial charge < -0.3 is 15.5 Å². The summed E-state index contributed by atoms with van der Waals surface area (Å²) in [5, 5.41) is 6.22. The number of nitrogens with zero attached hydrogens (tertiary/aromatic N) is 4. The SMILES string of the molecule is CNCC(=O)N1CCCC(c2nc(C)cc(Nc3ncccc3C)n2)C1. The van der Waals surface area contributed by atoms with Gasteiger partial charge in [0.05, 0.1) is 6.54 Å². The van der Waals surface area contributed by atoms with Gasteiger partial charge in [0.25, 0.3) is 0 Å². The number of anilines is 2. The normalized spacial score (nSPS) is 17.2. The summed E-state index contributed by atoms with van der Waals surface area (Å²) in [4.78, 5) is 27.8. The number of rotatable bonds is 5. The Labute approximate surface area is 154 Å². The maximum atomic E-state index is 12.2. The van der Waals surface area contributed by atoms with Crippen molar-refractivity contribution in [2.45, 2.75) is 32.6 Å². The average molecular weight is 354 g/mol. The van der Waals surface area contributed by atoms with E-state index >= 15 is 0 Å². The molecule has 0 bridgehead atoms. The van der Waals surface area contributed by atoms with E-state index in [0.717, 1.165) is 48.1 Å². The minimum Gasteiger partial charge on any atom is -0.341 e. The van der Waals surface area contributed by atoms with Crippen LogP contribution in [-0.4, -0.2) is 52.4 Å². The van der Waals surface area contributed by atoms with Gasteiger partial charge in [-0.25, -0.2) is 15.0 Å². The smallest absolute Gasteiger partial charge is 0.236 e. The fourth-order valence-electron chi connectivity index (χ4n) is 3.25. The largest absolute Gasteiger partial charge is 0.341 e. The summed E-state index contributed by atoms with van der Waals surface area (Å²) in [6.07, 6.45) is 3.73. The zero-order valence-electron chi connectivity index (χ0n) is 15.6. The van der Waals surface area contributed by atoms with Gasteiger partial charge in [0.2, 0.25) is 5.91 Å². The molecule has 1 saturated heterocycles. The quantitative estimate of drug-likeness (QED) is 0.856. The van der Waals surface area contributed by atoms with E-state index in [2.05, 4.69) is 20.6 Å². The first-order valence-electron chi connectivity index (χ1n) is 9.03.